The van der Waals surface area contributed by atoms with E-state index in [-0.39, 0.29) is 12.2 Å². The van der Waals surface area contributed by atoms with Crippen molar-refractivity contribution in [3.05, 3.63) is 34.3 Å². The van der Waals surface area contributed by atoms with E-state index >= 15 is 0 Å². The Kier molecular flexibility index (Phi) is 4.26. The first kappa shape index (κ1) is 19.0. The number of halogens is 1. The number of hydrogen-bond donors (Lipinski definition) is 2. The number of rotatable bonds is 4. The third kappa shape index (κ3) is 2.53. The van der Waals surface area contributed by atoms with Crippen LogP contribution >= 0.6 is 15.9 Å². The first-order chi connectivity index (χ1) is 12.7. The summed E-state index contributed by atoms with van der Waals surface area (Å²) < 4.78 is 23.4. The Labute approximate surface area is 164 Å². The van der Waals surface area contributed by atoms with Gasteiger partial charge in [-0.2, -0.15) is 0 Å². The molecule has 9 heteroatoms. The molecule has 0 aromatic heterocycles. The van der Waals surface area contributed by atoms with Crippen LogP contribution in [0, 0.1) is 0 Å². The number of hydrogen-bond acceptors (Lipinski definition) is 7. The van der Waals surface area contributed by atoms with Crippen molar-refractivity contribution in [1.29, 1.82) is 0 Å². The predicted octanol–water partition coefficient (Wildman–Crippen LogP) is 0.754. The fourth-order valence-electron chi connectivity index (χ4n) is 4.14. The fraction of sp³-hybridized carbons (Fsp3) is 0.556. The molecular weight excluding hydrogens is 422 g/mol. The SMILES string of the molecule is COC[C@@H]1O[C@@H]2C(O)(C(=O)c3ccccc3Br)NC(=O)[C@@]23OC(C)(C)O[C@@H]13. The molecule has 2 N–H and O–H groups in total. The van der Waals surface area contributed by atoms with Crippen LogP contribution in [0.2, 0.25) is 0 Å². The molecule has 0 bridgehead atoms. The molecule has 8 nitrogen and oxygen atoms in total. The Morgan fingerprint density at radius 3 is 2.74 bits per heavy atom. The molecule has 146 valence electrons. The zero-order valence-electron chi connectivity index (χ0n) is 15.0. The summed E-state index contributed by atoms with van der Waals surface area (Å²) in [6.07, 6.45) is -2.78. The minimum Gasteiger partial charge on any atom is -0.382 e. The Bertz CT molecular complexity index is 815. The van der Waals surface area contributed by atoms with Crippen LogP contribution in [0.4, 0.5) is 0 Å². The zero-order chi connectivity index (χ0) is 19.6. The number of ether oxygens (including phenoxy) is 4. The van der Waals surface area contributed by atoms with Gasteiger partial charge in [0.2, 0.25) is 17.1 Å². The van der Waals surface area contributed by atoms with E-state index in [1.165, 1.54) is 7.11 Å². The van der Waals surface area contributed by atoms with E-state index in [9.17, 15) is 14.7 Å². The topological polar surface area (TPSA) is 103 Å². The number of carbonyl (C=O) groups is 2. The Hall–Kier alpha value is -1.36. The summed E-state index contributed by atoms with van der Waals surface area (Å²) in [4.78, 5) is 26.2. The second kappa shape index (κ2) is 6.07. The summed E-state index contributed by atoms with van der Waals surface area (Å²) in [5, 5.41) is 13.7. The van der Waals surface area contributed by atoms with E-state index in [0.29, 0.717) is 4.47 Å². The van der Waals surface area contributed by atoms with Crippen LogP contribution in [-0.2, 0) is 23.7 Å². The van der Waals surface area contributed by atoms with E-state index in [2.05, 4.69) is 21.2 Å². The van der Waals surface area contributed by atoms with Crippen molar-refractivity contribution < 1.29 is 33.6 Å². The normalized spacial score (nSPS) is 39.1. The Morgan fingerprint density at radius 2 is 2.07 bits per heavy atom. The standard InChI is InChI=1S/C18H20BrNO7/c1-16(2)26-13-11(8-24-3)25-14-17(13,27-16)15(22)20-18(14,23)12(21)9-6-4-5-7-10(9)19/h4-7,11,13-14,23H,8H2,1-3H3,(H,20,22)/t11-,13-,14-,17-,18?/m0/s1. The van der Waals surface area contributed by atoms with Crippen molar-refractivity contribution in [2.24, 2.45) is 0 Å². The quantitative estimate of drug-likeness (QED) is 0.664. The highest BCUT2D eigenvalue weighted by Crippen LogP contribution is 2.53. The molecular formula is C18H20BrNO7. The molecule has 1 aromatic rings. The van der Waals surface area contributed by atoms with Gasteiger partial charge in [0.1, 0.15) is 12.2 Å². The maximum absolute atomic E-state index is 13.2. The zero-order valence-corrected chi connectivity index (χ0v) is 16.6. The molecule has 1 aromatic carbocycles. The highest BCUT2D eigenvalue weighted by atomic mass is 79.9. The largest absolute Gasteiger partial charge is 0.382 e. The van der Waals surface area contributed by atoms with E-state index in [1.807, 2.05) is 0 Å². The number of Topliss-reactive ketones (excluding diaryl/α,β-unsaturated/α-hetero) is 1. The summed E-state index contributed by atoms with van der Waals surface area (Å²) in [6.45, 7) is 3.46. The van der Waals surface area contributed by atoms with E-state index in [1.54, 1.807) is 38.1 Å². The number of amides is 1. The molecule has 3 aliphatic rings. The molecule has 5 atom stereocenters. The lowest BCUT2D eigenvalue weighted by molar-refractivity contribution is -0.216. The monoisotopic (exact) mass is 441 g/mol. The molecule has 1 unspecified atom stereocenters. The van der Waals surface area contributed by atoms with Gasteiger partial charge in [-0.25, -0.2) is 0 Å². The van der Waals surface area contributed by atoms with E-state index < -0.39 is 47.1 Å². The minimum atomic E-state index is -2.30. The summed E-state index contributed by atoms with van der Waals surface area (Å²) in [6, 6.07) is 6.63. The maximum Gasteiger partial charge on any atom is 0.260 e. The molecule has 3 aliphatic heterocycles. The van der Waals surface area contributed by atoms with Crippen molar-refractivity contribution in [3.63, 3.8) is 0 Å². The molecule has 0 aliphatic carbocycles. The van der Waals surface area contributed by atoms with Crippen LogP contribution in [0.1, 0.15) is 24.2 Å². The first-order valence-corrected chi connectivity index (χ1v) is 9.32. The average Bonchev–Trinajstić information content (AvgIpc) is 3.12. The van der Waals surface area contributed by atoms with E-state index in [0.717, 1.165) is 0 Å². The lowest BCUT2D eigenvalue weighted by Crippen LogP contribution is -2.58. The van der Waals surface area contributed by atoms with Crippen LogP contribution in [-0.4, -0.2) is 65.9 Å². The van der Waals surface area contributed by atoms with Crippen molar-refractivity contribution >= 4 is 27.6 Å². The van der Waals surface area contributed by atoms with Crippen molar-refractivity contribution in [1.82, 2.24) is 5.32 Å². The Balaban J connectivity index is 1.79. The van der Waals surface area contributed by atoms with Crippen LogP contribution in [0.25, 0.3) is 0 Å². The molecule has 0 saturated carbocycles. The number of nitrogens with one attached hydrogen (secondary N) is 1. The lowest BCUT2D eigenvalue weighted by Gasteiger charge is -2.30. The van der Waals surface area contributed by atoms with Crippen LogP contribution in [0.5, 0.6) is 0 Å². The average molecular weight is 442 g/mol. The van der Waals surface area contributed by atoms with Gasteiger partial charge in [0, 0.05) is 17.1 Å². The molecule has 1 amide bonds. The van der Waals surface area contributed by atoms with Crippen LogP contribution < -0.4 is 5.32 Å². The smallest absolute Gasteiger partial charge is 0.260 e. The number of carbonyl (C=O) groups excluding carboxylic acids is 2. The summed E-state index contributed by atoms with van der Waals surface area (Å²) >= 11 is 3.30. The third-order valence-electron chi connectivity index (χ3n) is 5.12. The minimum absolute atomic E-state index is 0.120. The van der Waals surface area contributed by atoms with Gasteiger partial charge in [-0.15, -0.1) is 0 Å². The Morgan fingerprint density at radius 1 is 1.37 bits per heavy atom. The molecule has 0 radical (unpaired) electrons. The van der Waals surface area contributed by atoms with Gasteiger partial charge in [-0.1, -0.05) is 34.1 Å². The predicted molar refractivity (Wildman–Crippen MR) is 94.9 cm³/mol. The number of benzene rings is 1. The van der Waals surface area contributed by atoms with Crippen molar-refractivity contribution in [2.45, 2.75) is 49.3 Å². The van der Waals surface area contributed by atoms with Gasteiger partial charge in [0.25, 0.3) is 5.91 Å². The number of ketones is 1. The fourth-order valence-corrected chi connectivity index (χ4v) is 4.61. The number of aliphatic hydroxyl groups is 1. The second-order valence-electron chi connectivity index (χ2n) is 7.37. The van der Waals surface area contributed by atoms with Gasteiger partial charge >= 0.3 is 0 Å². The highest BCUT2D eigenvalue weighted by molar-refractivity contribution is 9.10. The van der Waals surface area contributed by atoms with Crippen LogP contribution in [0.15, 0.2) is 28.7 Å². The summed E-state index contributed by atoms with van der Waals surface area (Å²) in [5.74, 6) is -2.43. The summed E-state index contributed by atoms with van der Waals surface area (Å²) in [7, 11) is 1.49. The molecule has 3 fully saturated rings. The van der Waals surface area contributed by atoms with Crippen molar-refractivity contribution in [3.8, 4) is 0 Å². The van der Waals surface area contributed by atoms with Gasteiger partial charge in [0.05, 0.1) is 6.61 Å². The number of methoxy groups -OCH3 is 1. The maximum atomic E-state index is 13.2. The molecule has 3 heterocycles. The van der Waals surface area contributed by atoms with Gasteiger partial charge in [-0.3, -0.25) is 9.59 Å². The first-order valence-electron chi connectivity index (χ1n) is 8.52. The molecule has 27 heavy (non-hydrogen) atoms. The summed E-state index contributed by atoms with van der Waals surface area (Å²) in [5.41, 5.74) is -3.73. The highest BCUT2D eigenvalue weighted by Gasteiger charge is 2.80. The molecule has 3 saturated heterocycles. The third-order valence-corrected chi connectivity index (χ3v) is 5.81. The van der Waals surface area contributed by atoms with Gasteiger partial charge < -0.3 is 29.4 Å². The van der Waals surface area contributed by atoms with Crippen LogP contribution in [0.3, 0.4) is 0 Å². The second-order valence-corrected chi connectivity index (χ2v) is 8.23. The van der Waals surface area contributed by atoms with E-state index in [4.69, 9.17) is 18.9 Å². The molecule has 4 rings (SSSR count). The van der Waals surface area contributed by atoms with Gasteiger partial charge in [0.15, 0.2) is 11.9 Å². The molecule has 1 spiro atoms. The van der Waals surface area contributed by atoms with Crippen molar-refractivity contribution in [2.75, 3.05) is 13.7 Å². The van der Waals surface area contributed by atoms with Gasteiger partial charge in [-0.05, 0) is 19.9 Å². The lowest BCUT2D eigenvalue weighted by atomic mass is 9.86.